The van der Waals surface area contributed by atoms with E-state index in [-0.39, 0.29) is 17.8 Å². The van der Waals surface area contributed by atoms with Gasteiger partial charge in [-0.15, -0.1) is 0 Å². The standard InChI is InChI=1S/C24H30FN5O2/c1-16-14-23-27-17(2)21(18(3)30(23)28-16)8-9-24(31)26-15-22(29-10-12-32-13-11-29)19-4-6-20(25)7-5-19/h4-7,14,22H,8-13,15H2,1-3H3,(H,26,31)/t22-/m1/s1. The van der Waals surface area contributed by atoms with Crippen LogP contribution in [0.1, 0.15) is 40.7 Å². The number of halogens is 1. The molecule has 1 aliphatic heterocycles. The van der Waals surface area contributed by atoms with E-state index < -0.39 is 0 Å². The van der Waals surface area contributed by atoms with Gasteiger partial charge in [-0.3, -0.25) is 9.69 Å². The monoisotopic (exact) mass is 439 g/mol. The van der Waals surface area contributed by atoms with Crippen LogP contribution in [0.25, 0.3) is 5.65 Å². The molecule has 1 fully saturated rings. The summed E-state index contributed by atoms with van der Waals surface area (Å²) in [5, 5.41) is 7.59. The molecule has 1 aliphatic rings. The van der Waals surface area contributed by atoms with E-state index in [0.29, 0.717) is 32.6 Å². The molecule has 8 heteroatoms. The van der Waals surface area contributed by atoms with Crippen molar-refractivity contribution < 1.29 is 13.9 Å². The predicted octanol–water partition coefficient (Wildman–Crippen LogP) is 2.92. The summed E-state index contributed by atoms with van der Waals surface area (Å²) in [5.41, 5.74) is 5.75. The van der Waals surface area contributed by atoms with Gasteiger partial charge in [0, 0.05) is 43.5 Å². The molecule has 1 aromatic carbocycles. The maximum Gasteiger partial charge on any atom is 0.220 e. The van der Waals surface area contributed by atoms with Gasteiger partial charge in [-0.1, -0.05) is 12.1 Å². The second-order valence-electron chi connectivity index (χ2n) is 8.34. The smallest absolute Gasteiger partial charge is 0.220 e. The number of morpholine rings is 1. The number of fused-ring (bicyclic) bond motifs is 1. The zero-order valence-electron chi connectivity index (χ0n) is 18.9. The summed E-state index contributed by atoms with van der Waals surface area (Å²) in [7, 11) is 0. The molecule has 0 radical (unpaired) electrons. The number of ether oxygens (including phenoxy) is 1. The molecule has 7 nitrogen and oxygen atoms in total. The van der Waals surface area contributed by atoms with E-state index in [1.807, 2.05) is 31.4 Å². The van der Waals surface area contributed by atoms with E-state index >= 15 is 0 Å². The Morgan fingerprint density at radius 1 is 1.19 bits per heavy atom. The Labute approximate surface area is 187 Å². The third-order valence-electron chi connectivity index (χ3n) is 6.12. The van der Waals surface area contributed by atoms with Crippen LogP contribution in [0.15, 0.2) is 30.3 Å². The van der Waals surface area contributed by atoms with Crippen LogP contribution in [0.2, 0.25) is 0 Å². The van der Waals surface area contributed by atoms with Gasteiger partial charge < -0.3 is 10.1 Å². The molecular formula is C24H30FN5O2. The molecule has 170 valence electrons. The maximum absolute atomic E-state index is 13.4. The fourth-order valence-electron chi connectivity index (χ4n) is 4.37. The van der Waals surface area contributed by atoms with Crippen molar-refractivity contribution in [2.75, 3.05) is 32.8 Å². The van der Waals surface area contributed by atoms with Crippen LogP contribution in [-0.4, -0.2) is 58.3 Å². The van der Waals surface area contributed by atoms with Crippen molar-refractivity contribution in [3.05, 3.63) is 64.4 Å². The van der Waals surface area contributed by atoms with Crippen LogP contribution in [-0.2, 0) is 16.0 Å². The summed E-state index contributed by atoms with van der Waals surface area (Å²) in [5.74, 6) is -0.275. The van der Waals surface area contributed by atoms with Crippen LogP contribution >= 0.6 is 0 Å². The number of hydrogen-bond acceptors (Lipinski definition) is 5. The van der Waals surface area contributed by atoms with Gasteiger partial charge >= 0.3 is 0 Å². The molecule has 2 aromatic heterocycles. The van der Waals surface area contributed by atoms with Crippen molar-refractivity contribution in [1.29, 1.82) is 0 Å². The van der Waals surface area contributed by atoms with E-state index in [2.05, 4.69) is 20.3 Å². The lowest BCUT2D eigenvalue weighted by molar-refractivity contribution is -0.121. The Morgan fingerprint density at radius 2 is 1.91 bits per heavy atom. The summed E-state index contributed by atoms with van der Waals surface area (Å²) < 4.78 is 20.7. The highest BCUT2D eigenvalue weighted by molar-refractivity contribution is 5.76. The normalized spacial score (nSPS) is 15.8. The number of carbonyl (C=O) groups is 1. The first-order valence-corrected chi connectivity index (χ1v) is 11.1. The minimum Gasteiger partial charge on any atom is -0.379 e. The quantitative estimate of drug-likeness (QED) is 0.613. The lowest BCUT2D eigenvalue weighted by atomic mass is 10.0. The summed E-state index contributed by atoms with van der Waals surface area (Å²) in [6.07, 6.45) is 0.971. The van der Waals surface area contributed by atoms with E-state index in [4.69, 9.17) is 4.74 Å². The van der Waals surface area contributed by atoms with Crippen LogP contribution in [0.4, 0.5) is 4.39 Å². The molecule has 0 aliphatic carbocycles. The molecule has 3 heterocycles. The lowest BCUT2D eigenvalue weighted by Crippen LogP contribution is -2.43. The average molecular weight is 440 g/mol. The Balaban J connectivity index is 1.41. The lowest BCUT2D eigenvalue weighted by Gasteiger charge is -2.35. The Hall–Kier alpha value is -2.84. The van der Waals surface area contributed by atoms with Gasteiger partial charge in [0.1, 0.15) is 5.82 Å². The van der Waals surface area contributed by atoms with Crippen molar-refractivity contribution in [2.24, 2.45) is 0 Å². The summed E-state index contributed by atoms with van der Waals surface area (Å²) in [6, 6.07) is 8.46. The van der Waals surface area contributed by atoms with E-state index in [1.54, 1.807) is 12.1 Å². The fourth-order valence-corrected chi connectivity index (χ4v) is 4.37. The van der Waals surface area contributed by atoms with Gasteiger partial charge in [-0.2, -0.15) is 5.10 Å². The van der Waals surface area contributed by atoms with Gasteiger partial charge in [0.15, 0.2) is 5.65 Å². The summed E-state index contributed by atoms with van der Waals surface area (Å²) in [4.78, 5) is 19.6. The highest BCUT2D eigenvalue weighted by Gasteiger charge is 2.23. The third kappa shape index (κ3) is 4.97. The van der Waals surface area contributed by atoms with Crippen molar-refractivity contribution in [2.45, 2.75) is 39.7 Å². The van der Waals surface area contributed by atoms with Gasteiger partial charge in [0.05, 0.1) is 24.9 Å². The number of benzene rings is 1. The number of nitrogens with one attached hydrogen (secondary N) is 1. The SMILES string of the molecule is Cc1cc2nc(C)c(CCC(=O)NC[C@H](c3ccc(F)cc3)N3CCOCC3)c(C)n2n1. The van der Waals surface area contributed by atoms with E-state index in [1.165, 1.54) is 12.1 Å². The second kappa shape index (κ2) is 9.75. The number of hydrogen-bond donors (Lipinski definition) is 1. The van der Waals surface area contributed by atoms with Gasteiger partial charge in [0.25, 0.3) is 0 Å². The van der Waals surface area contributed by atoms with Crippen LogP contribution in [0.5, 0.6) is 0 Å². The Bertz CT molecular complexity index is 1090. The second-order valence-corrected chi connectivity index (χ2v) is 8.34. The summed E-state index contributed by atoms with van der Waals surface area (Å²) >= 11 is 0. The number of carbonyl (C=O) groups excluding carboxylic acids is 1. The largest absolute Gasteiger partial charge is 0.379 e. The molecule has 0 unspecified atom stereocenters. The first-order valence-electron chi connectivity index (χ1n) is 11.1. The number of nitrogens with zero attached hydrogens (tertiary/aromatic N) is 4. The molecule has 1 saturated heterocycles. The fraction of sp³-hybridized carbons (Fsp3) is 0.458. The third-order valence-corrected chi connectivity index (χ3v) is 6.12. The van der Waals surface area contributed by atoms with Gasteiger partial charge in [-0.05, 0) is 50.5 Å². The molecule has 3 aromatic rings. The molecule has 0 spiro atoms. The molecule has 0 saturated carbocycles. The first kappa shape index (κ1) is 22.4. The summed E-state index contributed by atoms with van der Waals surface area (Å²) in [6.45, 7) is 9.30. The Kier molecular flexibility index (Phi) is 6.81. The molecule has 4 rings (SSSR count). The zero-order chi connectivity index (χ0) is 22.7. The van der Waals surface area contributed by atoms with Gasteiger partial charge in [-0.25, -0.2) is 13.9 Å². The van der Waals surface area contributed by atoms with Gasteiger partial charge in [0.2, 0.25) is 5.91 Å². The molecule has 1 N–H and O–H groups in total. The highest BCUT2D eigenvalue weighted by atomic mass is 19.1. The van der Waals surface area contributed by atoms with Crippen molar-refractivity contribution >= 4 is 11.6 Å². The number of aryl methyl sites for hydroxylation is 3. The zero-order valence-corrected chi connectivity index (χ0v) is 18.9. The highest BCUT2D eigenvalue weighted by Crippen LogP contribution is 2.22. The average Bonchev–Trinajstić information content (AvgIpc) is 3.16. The van der Waals surface area contributed by atoms with Crippen LogP contribution in [0, 0.1) is 26.6 Å². The number of amides is 1. The molecule has 0 bridgehead atoms. The number of aromatic nitrogens is 3. The molecule has 1 amide bonds. The minimum atomic E-state index is -0.262. The predicted molar refractivity (Wildman–Crippen MR) is 120 cm³/mol. The minimum absolute atomic E-state index is 0.0130. The maximum atomic E-state index is 13.4. The van der Waals surface area contributed by atoms with Crippen molar-refractivity contribution in [3.63, 3.8) is 0 Å². The van der Waals surface area contributed by atoms with Crippen molar-refractivity contribution in [3.8, 4) is 0 Å². The molecule has 32 heavy (non-hydrogen) atoms. The van der Waals surface area contributed by atoms with E-state index in [0.717, 1.165) is 46.9 Å². The molecular weight excluding hydrogens is 409 g/mol. The number of rotatable bonds is 7. The van der Waals surface area contributed by atoms with E-state index in [9.17, 15) is 9.18 Å². The first-order chi connectivity index (χ1) is 15.4. The van der Waals surface area contributed by atoms with Crippen molar-refractivity contribution in [1.82, 2.24) is 24.8 Å². The van der Waals surface area contributed by atoms with Crippen LogP contribution in [0.3, 0.4) is 0 Å². The Morgan fingerprint density at radius 3 is 2.62 bits per heavy atom. The topological polar surface area (TPSA) is 71.8 Å². The van der Waals surface area contributed by atoms with Crippen LogP contribution < -0.4 is 5.32 Å². The molecule has 1 atom stereocenters.